The summed E-state index contributed by atoms with van der Waals surface area (Å²) in [4.78, 5) is 0. The highest BCUT2D eigenvalue weighted by Crippen LogP contribution is 2.21. The topological polar surface area (TPSA) is 20.2 Å². The molecule has 46 heavy (non-hydrogen) atoms. The zero-order chi connectivity index (χ0) is 33.9. The van der Waals surface area contributed by atoms with Crippen LogP contribution in [0.5, 0.6) is 5.75 Å². The summed E-state index contributed by atoms with van der Waals surface area (Å²) in [6.45, 7) is 19.6. The normalized spacial score (nSPS) is 10.3. The van der Waals surface area contributed by atoms with E-state index < -0.39 is 0 Å². The van der Waals surface area contributed by atoms with Crippen molar-refractivity contribution in [2.45, 2.75) is 80.1 Å². The molecule has 6 aromatic carbocycles. The van der Waals surface area contributed by atoms with Gasteiger partial charge < -0.3 is 5.11 Å². The molecule has 0 unspecified atom stereocenters. The van der Waals surface area contributed by atoms with E-state index in [1.807, 2.05) is 18.2 Å². The fraction of sp³-hybridized carbons (Fsp3) is 0.289. The van der Waals surface area contributed by atoms with Gasteiger partial charge in [0.05, 0.1) is 0 Å². The van der Waals surface area contributed by atoms with E-state index in [4.69, 9.17) is 5.11 Å². The van der Waals surface area contributed by atoms with Crippen LogP contribution in [-0.2, 0) is 0 Å². The van der Waals surface area contributed by atoms with E-state index in [2.05, 4.69) is 178 Å². The van der Waals surface area contributed by atoms with Gasteiger partial charge in [-0.25, -0.2) is 0 Å². The summed E-state index contributed by atoms with van der Waals surface area (Å²) >= 11 is 0. The maximum absolute atomic E-state index is 8.94. The molecule has 0 spiro atoms. The number of fused-ring (bicyclic) bond motifs is 2. The largest absolute Gasteiger partial charge is 0.508 e. The van der Waals surface area contributed by atoms with E-state index >= 15 is 0 Å². The third kappa shape index (κ3) is 14.6. The van der Waals surface area contributed by atoms with Crippen molar-refractivity contribution in [3.05, 3.63) is 162 Å². The van der Waals surface area contributed by atoms with Crippen LogP contribution in [-0.4, -0.2) is 5.11 Å². The fourth-order valence-electron chi connectivity index (χ4n) is 4.40. The number of hydrogen-bond donors (Lipinski definition) is 1. The fourth-order valence-corrected chi connectivity index (χ4v) is 4.40. The molecule has 1 nitrogen and oxygen atoms in total. The lowest BCUT2D eigenvalue weighted by Crippen LogP contribution is -1.85. The predicted molar refractivity (Wildman–Crippen MR) is 205 cm³/mol. The average Bonchev–Trinajstić information content (AvgIpc) is 3.06. The lowest BCUT2D eigenvalue weighted by molar-refractivity contribution is 0.475. The number of rotatable bonds is 3. The Bertz CT molecular complexity index is 1580. The molecule has 0 heterocycles. The van der Waals surface area contributed by atoms with Crippen molar-refractivity contribution in [3.8, 4) is 5.75 Å². The van der Waals surface area contributed by atoms with Crippen LogP contribution >= 0.6 is 0 Å². The van der Waals surface area contributed by atoms with Crippen molar-refractivity contribution in [1.82, 2.24) is 0 Å². The van der Waals surface area contributed by atoms with Crippen LogP contribution < -0.4 is 0 Å². The molecule has 1 N–H and O–H groups in total. The molecule has 6 aromatic rings. The lowest BCUT2D eigenvalue weighted by atomic mass is 9.99. The summed E-state index contributed by atoms with van der Waals surface area (Å²) in [5.41, 5.74) is 4.09. The second-order valence-electron chi connectivity index (χ2n) is 13.2. The van der Waals surface area contributed by atoms with Crippen molar-refractivity contribution in [1.29, 1.82) is 0 Å². The number of phenolic OH excluding ortho intramolecular Hbond substituents is 1. The van der Waals surface area contributed by atoms with Gasteiger partial charge in [-0.1, -0.05) is 196 Å². The van der Waals surface area contributed by atoms with Gasteiger partial charge in [-0.05, 0) is 74.0 Å². The third-order valence-electron chi connectivity index (χ3n) is 7.12. The Hall–Kier alpha value is -4.36. The molecule has 0 fully saturated rings. The summed E-state index contributed by atoms with van der Waals surface area (Å²) < 4.78 is 0. The molecule has 6 rings (SSSR count). The molecule has 0 aliphatic heterocycles. The van der Waals surface area contributed by atoms with E-state index in [0.29, 0.717) is 23.5 Å². The monoisotopic (exact) mass is 612 g/mol. The van der Waals surface area contributed by atoms with Crippen LogP contribution in [0.2, 0.25) is 0 Å². The minimum atomic E-state index is 0.337. The third-order valence-corrected chi connectivity index (χ3v) is 7.12. The van der Waals surface area contributed by atoms with Gasteiger partial charge in [-0.15, -0.1) is 0 Å². The Morgan fingerprint density at radius 3 is 1.00 bits per heavy atom. The van der Waals surface area contributed by atoms with E-state index in [9.17, 15) is 0 Å². The summed E-state index contributed by atoms with van der Waals surface area (Å²) in [5, 5.41) is 14.2. The van der Waals surface area contributed by atoms with Crippen molar-refractivity contribution in [3.63, 3.8) is 0 Å². The Kier molecular flexibility index (Phi) is 17.0. The Morgan fingerprint density at radius 2 is 0.630 bits per heavy atom. The SMILES string of the molecule is CC(C)C.CC(C)c1ccc(O)cc1.CC(C)c1ccc2ccccc2c1.CC(C)c1ccccc1.c1ccc2ccccc2c1. The highest BCUT2D eigenvalue weighted by atomic mass is 16.3. The first-order chi connectivity index (χ1) is 22.0. The van der Waals surface area contributed by atoms with Crippen LogP contribution in [0.4, 0.5) is 0 Å². The summed E-state index contributed by atoms with van der Waals surface area (Å²) in [5.74, 6) is 2.99. The standard InChI is InChI=1S/C13H14.C10H8.C9H12O.C9H12.C4H10/c1-10(2)12-8-7-11-5-3-4-6-13(11)9-12;1-2-6-10-8-4-3-7-9(10)5-1;1-7(2)8-3-5-9(10)6-4-8;1-8(2)9-6-4-3-5-7-9;1-4(2)3/h3-10H,1-2H3;1-8H;3-7,10H,1-2H3;3-8H,1-2H3;4H,1-3H3. The summed E-state index contributed by atoms with van der Waals surface area (Å²) in [6.07, 6.45) is 0. The van der Waals surface area contributed by atoms with Gasteiger partial charge in [0, 0.05) is 0 Å². The lowest BCUT2D eigenvalue weighted by Gasteiger charge is -2.06. The number of benzene rings is 6. The van der Waals surface area contributed by atoms with E-state index in [1.54, 1.807) is 12.1 Å². The Balaban J connectivity index is 0.000000207. The molecule has 242 valence electrons. The van der Waals surface area contributed by atoms with Crippen molar-refractivity contribution >= 4 is 21.5 Å². The molecule has 0 atom stereocenters. The highest BCUT2D eigenvalue weighted by Gasteiger charge is 1.99. The first-order valence-corrected chi connectivity index (χ1v) is 16.7. The minimum Gasteiger partial charge on any atom is -0.508 e. The molecule has 0 radical (unpaired) electrons. The van der Waals surface area contributed by atoms with Gasteiger partial charge in [0.1, 0.15) is 5.75 Å². The molecule has 0 aromatic heterocycles. The molecule has 0 saturated carbocycles. The minimum absolute atomic E-state index is 0.337. The van der Waals surface area contributed by atoms with E-state index in [0.717, 1.165) is 5.92 Å². The van der Waals surface area contributed by atoms with Crippen LogP contribution in [0.3, 0.4) is 0 Å². The smallest absolute Gasteiger partial charge is 0.115 e. The molecular weight excluding hydrogens is 556 g/mol. The average molecular weight is 613 g/mol. The molecular formula is C45H56O. The van der Waals surface area contributed by atoms with Crippen molar-refractivity contribution in [2.75, 3.05) is 0 Å². The molecule has 0 bridgehead atoms. The molecule has 0 aliphatic rings. The van der Waals surface area contributed by atoms with Crippen LogP contribution in [0.1, 0.15) is 96.8 Å². The van der Waals surface area contributed by atoms with Crippen LogP contribution in [0, 0.1) is 5.92 Å². The quantitative estimate of drug-likeness (QED) is 0.211. The number of aromatic hydroxyl groups is 1. The second-order valence-corrected chi connectivity index (χ2v) is 13.2. The second kappa shape index (κ2) is 20.6. The Labute approximate surface area is 280 Å². The first kappa shape index (κ1) is 37.8. The molecule has 0 aliphatic carbocycles. The van der Waals surface area contributed by atoms with Crippen molar-refractivity contribution < 1.29 is 5.11 Å². The summed E-state index contributed by atoms with van der Waals surface area (Å²) in [7, 11) is 0. The van der Waals surface area contributed by atoms with Gasteiger partial charge in [-0.3, -0.25) is 0 Å². The van der Waals surface area contributed by atoms with Gasteiger partial charge in [0.15, 0.2) is 0 Å². The summed E-state index contributed by atoms with van der Waals surface area (Å²) in [6, 6.07) is 49.7. The molecule has 1 heteroatoms. The van der Waals surface area contributed by atoms with E-state index in [1.165, 1.54) is 38.2 Å². The maximum Gasteiger partial charge on any atom is 0.115 e. The number of hydrogen-bond acceptors (Lipinski definition) is 1. The zero-order valence-electron chi connectivity index (χ0n) is 29.6. The molecule has 0 saturated heterocycles. The van der Waals surface area contributed by atoms with Gasteiger partial charge in [-0.2, -0.15) is 0 Å². The van der Waals surface area contributed by atoms with Crippen LogP contribution in [0.25, 0.3) is 21.5 Å². The zero-order valence-corrected chi connectivity index (χ0v) is 29.6. The van der Waals surface area contributed by atoms with Crippen LogP contribution in [0.15, 0.2) is 146 Å². The maximum atomic E-state index is 8.94. The van der Waals surface area contributed by atoms with E-state index in [-0.39, 0.29) is 0 Å². The first-order valence-electron chi connectivity index (χ1n) is 16.7. The highest BCUT2D eigenvalue weighted by molar-refractivity contribution is 5.83. The van der Waals surface area contributed by atoms with Gasteiger partial charge in [0.25, 0.3) is 0 Å². The Morgan fingerprint density at radius 1 is 0.326 bits per heavy atom. The van der Waals surface area contributed by atoms with Gasteiger partial charge >= 0.3 is 0 Å². The van der Waals surface area contributed by atoms with Gasteiger partial charge in [0.2, 0.25) is 0 Å². The number of phenols is 1. The van der Waals surface area contributed by atoms with Crippen molar-refractivity contribution in [2.24, 2.45) is 5.92 Å². The molecule has 0 amide bonds. The predicted octanol–water partition coefficient (Wildman–Crippen LogP) is 13.8.